The molecule has 0 aliphatic carbocycles. The number of nitrogens with one attached hydrogen (secondary N) is 1. The highest BCUT2D eigenvalue weighted by molar-refractivity contribution is 7.21. The summed E-state index contributed by atoms with van der Waals surface area (Å²) < 4.78 is 0.975. The van der Waals surface area contributed by atoms with Crippen molar-refractivity contribution in [3.63, 3.8) is 0 Å². The molecule has 3 aromatic rings. The molecule has 0 spiro atoms. The summed E-state index contributed by atoms with van der Waals surface area (Å²) in [6.45, 7) is -0.128. The second-order valence-corrected chi connectivity index (χ2v) is 5.94. The summed E-state index contributed by atoms with van der Waals surface area (Å²) in [7, 11) is 0. The minimum atomic E-state index is -0.262. The fourth-order valence-electron chi connectivity index (χ4n) is 2.12. The Morgan fingerprint density at radius 1 is 1.14 bits per heavy atom. The number of halogens is 1. The highest BCUT2D eigenvalue weighted by Crippen LogP contribution is 2.35. The van der Waals surface area contributed by atoms with Gasteiger partial charge in [0, 0.05) is 21.3 Å². The maximum Gasteiger partial charge on any atom is 0.267 e. The highest BCUT2D eigenvalue weighted by atomic mass is 35.5. The Morgan fingerprint density at radius 3 is 2.62 bits per heavy atom. The van der Waals surface area contributed by atoms with Gasteiger partial charge in [-0.25, -0.2) is 0 Å². The average molecular weight is 318 g/mol. The Labute approximate surface area is 130 Å². The molecule has 0 unspecified atom stereocenters. The monoisotopic (exact) mass is 317 g/mol. The standard InChI is InChI=1S/C16H12ClNO2S/c17-14-11-6-2-4-8-13(11)21-15(14)16(20)18-12-7-3-1-5-10(12)9-19/h1-8,19H,9H2,(H,18,20). The first-order chi connectivity index (χ1) is 10.2. The summed E-state index contributed by atoms with van der Waals surface area (Å²) in [6, 6.07) is 14.8. The summed E-state index contributed by atoms with van der Waals surface area (Å²) in [5.74, 6) is -0.262. The van der Waals surface area contributed by atoms with Gasteiger partial charge in [-0.2, -0.15) is 0 Å². The maximum atomic E-state index is 12.4. The van der Waals surface area contributed by atoms with Crippen molar-refractivity contribution in [1.82, 2.24) is 0 Å². The molecule has 5 heteroatoms. The number of para-hydroxylation sites is 1. The van der Waals surface area contributed by atoms with Crippen LogP contribution < -0.4 is 5.32 Å². The highest BCUT2D eigenvalue weighted by Gasteiger charge is 2.17. The number of rotatable bonds is 3. The lowest BCUT2D eigenvalue weighted by Crippen LogP contribution is -2.12. The molecule has 0 aliphatic rings. The molecular formula is C16H12ClNO2S. The molecule has 1 amide bonds. The van der Waals surface area contributed by atoms with E-state index in [4.69, 9.17) is 11.6 Å². The van der Waals surface area contributed by atoms with Crippen LogP contribution >= 0.6 is 22.9 Å². The van der Waals surface area contributed by atoms with Gasteiger partial charge in [0.15, 0.2) is 0 Å². The number of hydrogen-bond donors (Lipinski definition) is 2. The second-order valence-electron chi connectivity index (χ2n) is 4.51. The number of carbonyl (C=O) groups excluding carboxylic acids is 1. The molecule has 0 aliphatic heterocycles. The van der Waals surface area contributed by atoms with Crippen molar-refractivity contribution < 1.29 is 9.90 Å². The SMILES string of the molecule is O=C(Nc1ccccc1CO)c1sc2ccccc2c1Cl. The fraction of sp³-hybridized carbons (Fsp3) is 0.0625. The zero-order valence-electron chi connectivity index (χ0n) is 11.0. The lowest BCUT2D eigenvalue weighted by atomic mass is 10.2. The first-order valence-corrected chi connectivity index (χ1v) is 7.57. The van der Waals surface area contributed by atoms with Crippen molar-refractivity contribution in [1.29, 1.82) is 0 Å². The van der Waals surface area contributed by atoms with Crippen LogP contribution in [0.1, 0.15) is 15.2 Å². The van der Waals surface area contributed by atoms with E-state index in [1.165, 1.54) is 11.3 Å². The van der Waals surface area contributed by atoms with Gasteiger partial charge in [-0.05, 0) is 12.1 Å². The first kappa shape index (κ1) is 14.1. The predicted octanol–water partition coefficient (Wildman–Crippen LogP) is 4.30. The number of hydrogen-bond acceptors (Lipinski definition) is 3. The minimum Gasteiger partial charge on any atom is -0.392 e. The molecule has 0 saturated carbocycles. The summed E-state index contributed by atoms with van der Waals surface area (Å²) in [6.07, 6.45) is 0. The molecule has 3 nitrogen and oxygen atoms in total. The van der Waals surface area contributed by atoms with E-state index in [0.29, 0.717) is 21.2 Å². The van der Waals surface area contributed by atoms with Gasteiger partial charge in [0.2, 0.25) is 0 Å². The van der Waals surface area contributed by atoms with Crippen molar-refractivity contribution in [2.24, 2.45) is 0 Å². The third kappa shape index (κ3) is 2.65. The molecule has 3 rings (SSSR count). The van der Waals surface area contributed by atoms with E-state index in [1.807, 2.05) is 30.3 Å². The Morgan fingerprint density at radius 2 is 1.86 bits per heavy atom. The van der Waals surface area contributed by atoms with Gasteiger partial charge in [0.25, 0.3) is 5.91 Å². The molecule has 1 heterocycles. The summed E-state index contributed by atoms with van der Waals surface area (Å²) in [4.78, 5) is 12.9. The van der Waals surface area contributed by atoms with Crippen LogP contribution in [0.2, 0.25) is 5.02 Å². The molecule has 2 aromatic carbocycles. The number of fused-ring (bicyclic) bond motifs is 1. The molecule has 0 saturated heterocycles. The van der Waals surface area contributed by atoms with E-state index in [9.17, 15) is 9.90 Å². The van der Waals surface area contributed by atoms with Crippen LogP contribution in [0.15, 0.2) is 48.5 Å². The molecule has 0 radical (unpaired) electrons. The Kier molecular flexibility index (Phi) is 3.92. The molecule has 0 atom stereocenters. The molecule has 0 fully saturated rings. The van der Waals surface area contributed by atoms with Gasteiger partial charge in [-0.1, -0.05) is 48.0 Å². The summed E-state index contributed by atoms with van der Waals surface area (Å²) in [5, 5.41) is 13.4. The van der Waals surface area contributed by atoms with E-state index < -0.39 is 0 Å². The lowest BCUT2D eigenvalue weighted by Gasteiger charge is -2.08. The van der Waals surface area contributed by atoms with Gasteiger partial charge < -0.3 is 10.4 Å². The number of carbonyl (C=O) groups is 1. The first-order valence-electron chi connectivity index (χ1n) is 6.38. The lowest BCUT2D eigenvalue weighted by molar-refractivity contribution is 0.103. The Balaban J connectivity index is 1.96. The van der Waals surface area contributed by atoms with E-state index in [2.05, 4.69) is 5.32 Å². The Bertz CT molecular complexity index is 813. The molecule has 106 valence electrons. The normalized spacial score (nSPS) is 10.8. The van der Waals surface area contributed by atoms with Crippen molar-refractivity contribution in [3.8, 4) is 0 Å². The largest absolute Gasteiger partial charge is 0.392 e. The smallest absolute Gasteiger partial charge is 0.267 e. The minimum absolute atomic E-state index is 0.128. The van der Waals surface area contributed by atoms with Crippen LogP contribution in [0.25, 0.3) is 10.1 Å². The van der Waals surface area contributed by atoms with E-state index >= 15 is 0 Å². The number of aliphatic hydroxyl groups excluding tert-OH is 1. The number of amides is 1. The van der Waals surface area contributed by atoms with Crippen LogP contribution in [0.5, 0.6) is 0 Å². The van der Waals surface area contributed by atoms with Crippen LogP contribution in [-0.4, -0.2) is 11.0 Å². The number of benzene rings is 2. The quantitative estimate of drug-likeness (QED) is 0.756. The van der Waals surface area contributed by atoms with Crippen LogP contribution in [0.4, 0.5) is 5.69 Å². The topological polar surface area (TPSA) is 49.3 Å². The molecular weight excluding hydrogens is 306 g/mol. The second kappa shape index (κ2) is 5.85. The van der Waals surface area contributed by atoms with Crippen LogP contribution in [0, 0.1) is 0 Å². The van der Waals surface area contributed by atoms with Crippen molar-refractivity contribution in [3.05, 3.63) is 64.0 Å². The van der Waals surface area contributed by atoms with Crippen molar-refractivity contribution in [2.75, 3.05) is 5.32 Å². The summed E-state index contributed by atoms with van der Waals surface area (Å²) in [5.41, 5.74) is 1.27. The van der Waals surface area contributed by atoms with E-state index in [1.54, 1.807) is 18.2 Å². The number of anilines is 1. The molecule has 21 heavy (non-hydrogen) atoms. The Hall–Kier alpha value is -1.88. The zero-order valence-corrected chi connectivity index (χ0v) is 12.5. The average Bonchev–Trinajstić information content (AvgIpc) is 2.85. The van der Waals surface area contributed by atoms with Gasteiger partial charge in [0.1, 0.15) is 4.88 Å². The van der Waals surface area contributed by atoms with E-state index in [-0.39, 0.29) is 12.5 Å². The zero-order chi connectivity index (χ0) is 14.8. The van der Waals surface area contributed by atoms with Crippen molar-refractivity contribution >= 4 is 44.6 Å². The predicted molar refractivity (Wildman–Crippen MR) is 87.2 cm³/mol. The third-order valence-electron chi connectivity index (χ3n) is 3.18. The van der Waals surface area contributed by atoms with Gasteiger partial charge in [-0.15, -0.1) is 11.3 Å². The van der Waals surface area contributed by atoms with Gasteiger partial charge in [0.05, 0.1) is 11.6 Å². The van der Waals surface area contributed by atoms with Crippen LogP contribution in [-0.2, 0) is 6.61 Å². The van der Waals surface area contributed by atoms with Crippen LogP contribution in [0.3, 0.4) is 0 Å². The molecule has 0 bridgehead atoms. The number of aliphatic hydroxyl groups is 1. The van der Waals surface area contributed by atoms with Crippen molar-refractivity contribution in [2.45, 2.75) is 6.61 Å². The summed E-state index contributed by atoms with van der Waals surface area (Å²) >= 11 is 7.65. The van der Waals surface area contributed by atoms with Gasteiger partial charge in [-0.3, -0.25) is 4.79 Å². The number of thiophene rings is 1. The third-order valence-corrected chi connectivity index (χ3v) is 4.85. The maximum absolute atomic E-state index is 12.4. The van der Waals surface area contributed by atoms with E-state index in [0.717, 1.165) is 10.1 Å². The molecule has 1 aromatic heterocycles. The molecule has 2 N–H and O–H groups in total. The van der Waals surface area contributed by atoms with Gasteiger partial charge >= 0.3 is 0 Å². The fourth-order valence-corrected chi connectivity index (χ4v) is 3.53.